The number of piperidine rings is 1. The minimum atomic E-state index is -0.805. The first-order valence-corrected chi connectivity index (χ1v) is 22.7. The molecule has 0 spiro atoms. The van der Waals surface area contributed by atoms with E-state index in [0.29, 0.717) is 59.8 Å². The van der Waals surface area contributed by atoms with Gasteiger partial charge in [0.05, 0.1) is 17.3 Å². The van der Waals surface area contributed by atoms with Crippen molar-refractivity contribution in [2.24, 2.45) is 85.8 Å². The van der Waals surface area contributed by atoms with Gasteiger partial charge in [0.25, 0.3) is 0 Å². The van der Waals surface area contributed by atoms with Crippen LogP contribution >= 0.6 is 0 Å². The predicted molar refractivity (Wildman–Crippen MR) is 212 cm³/mol. The van der Waals surface area contributed by atoms with Crippen LogP contribution in [0.2, 0.25) is 0 Å². The molecule has 6 saturated carbocycles. The van der Waals surface area contributed by atoms with Gasteiger partial charge in [-0.25, -0.2) is 0 Å². The Hall–Kier alpha value is -1.63. The number of ether oxygens (including phenoxy) is 1. The van der Waals surface area contributed by atoms with E-state index in [-0.39, 0.29) is 51.1 Å². The standard InChI is InChI=1S/C47H76N2O5/c1-27(2)30-15-20-47(41(53)48-29-24-28(3)34-12-11-23-49(34)26-29)22-21-45(9)31(38(30)47)13-14-36-44(8)18-17-37(43(6,7)35(44)16-19-46(36,45)10)54-40(52)33-25-32(39(50)51)42(33,4)5/h27-38H,11-26H2,1-10H3,(H,48,53)(H,50,51)/t28?,29-,30-,31+,32-,33+,34?,35-,36+,37-,38+,44-,45+,46+,47-/m0/s1. The first-order valence-electron chi connectivity index (χ1n) is 22.7. The van der Waals surface area contributed by atoms with Gasteiger partial charge in [-0.15, -0.1) is 0 Å². The van der Waals surface area contributed by atoms with Crippen LogP contribution in [0.5, 0.6) is 0 Å². The summed E-state index contributed by atoms with van der Waals surface area (Å²) in [5.74, 6) is 2.56. The number of nitrogens with one attached hydrogen (secondary N) is 1. The molecule has 2 unspecified atom stereocenters. The molecule has 7 nitrogen and oxygen atoms in total. The van der Waals surface area contributed by atoms with Crippen molar-refractivity contribution in [3.63, 3.8) is 0 Å². The first kappa shape index (κ1) is 39.2. The number of rotatable bonds is 6. The molecule has 15 atom stereocenters. The van der Waals surface area contributed by atoms with Crippen LogP contribution in [-0.4, -0.2) is 59.1 Å². The highest BCUT2D eigenvalue weighted by atomic mass is 16.5. The van der Waals surface area contributed by atoms with E-state index in [4.69, 9.17) is 4.74 Å². The summed E-state index contributed by atoms with van der Waals surface area (Å²) in [5, 5.41) is 13.5. The van der Waals surface area contributed by atoms with Gasteiger partial charge in [0.2, 0.25) is 5.91 Å². The Morgan fingerprint density at radius 2 is 1.52 bits per heavy atom. The zero-order valence-electron chi connectivity index (χ0n) is 35.8. The molecule has 2 N–H and O–H groups in total. The number of esters is 1. The molecule has 8 aliphatic rings. The summed E-state index contributed by atoms with van der Waals surface area (Å²) in [7, 11) is 0. The second-order valence-electron chi connectivity index (χ2n) is 23.2. The van der Waals surface area contributed by atoms with Gasteiger partial charge in [0.1, 0.15) is 6.10 Å². The monoisotopic (exact) mass is 749 g/mol. The number of carboxylic acids is 1. The minimum absolute atomic E-state index is 0.137. The molecule has 304 valence electrons. The highest BCUT2D eigenvalue weighted by Crippen LogP contribution is 2.77. The van der Waals surface area contributed by atoms with E-state index >= 15 is 0 Å². The maximum atomic E-state index is 15.0. The highest BCUT2D eigenvalue weighted by molar-refractivity contribution is 5.84. The van der Waals surface area contributed by atoms with Crippen LogP contribution < -0.4 is 5.32 Å². The van der Waals surface area contributed by atoms with Gasteiger partial charge in [-0.3, -0.25) is 19.3 Å². The van der Waals surface area contributed by atoms with Crippen molar-refractivity contribution in [3.05, 3.63) is 0 Å². The van der Waals surface area contributed by atoms with Crippen LogP contribution in [0.15, 0.2) is 0 Å². The van der Waals surface area contributed by atoms with Gasteiger partial charge >= 0.3 is 11.9 Å². The molecule has 6 aliphatic carbocycles. The summed E-state index contributed by atoms with van der Waals surface area (Å²) in [6.45, 7) is 26.1. The van der Waals surface area contributed by atoms with Crippen molar-refractivity contribution in [1.82, 2.24) is 10.2 Å². The van der Waals surface area contributed by atoms with Crippen LogP contribution in [-0.2, 0) is 19.1 Å². The van der Waals surface area contributed by atoms with Crippen LogP contribution in [0.1, 0.15) is 159 Å². The number of fused-ring (bicyclic) bond motifs is 8. The molecule has 0 aromatic rings. The van der Waals surface area contributed by atoms with Gasteiger partial charge in [-0.1, -0.05) is 69.2 Å². The molecule has 8 fully saturated rings. The molecule has 7 heteroatoms. The third kappa shape index (κ3) is 5.36. The quantitative estimate of drug-likeness (QED) is 0.263. The fraction of sp³-hybridized carbons (Fsp3) is 0.936. The SMILES string of the molecule is CC1C[C@H](NC(=O)[C@]23CC[C@@H](C(C)C)[C@@H]2[C@H]2CC[C@@H]4[C@@]5(C)CC[C@H](OC(=O)[C@H]6C[C@@H](C(=O)O)C6(C)C)C(C)(C)[C@@H]5CC[C@@]4(C)[C@]2(C)CC3)CN2CCCC12. The van der Waals surface area contributed by atoms with Crippen molar-refractivity contribution in [3.8, 4) is 0 Å². The second kappa shape index (κ2) is 12.9. The van der Waals surface area contributed by atoms with Crippen LogP contribution in [0.3, 0.4) is 0 Å². The fourth-order valence-corrected chi connectivity index (χ4v) is 17.1. The largest absolute Gasteiger partial charge is 0.481 e. The lowest BCUT2D eigenvalue weighted by atomic mass is 9.32. The molecule has 0 aromatic carbocycles. The topological polar surface area (TPSA) is 95.9 Å². The summed E-state index contributed by atoms with van der Waals surface area (Å²) in [4.78, 5) is 43.1. The molecule has 2 aliphatic heterocycles. The van der Waals surface area contributed by atoms with E-state index in [1.165, 1.54) is 45.1 Å². The number of nitrogens with zero attached hydrogens (tertiary/aromatic N) is 1. The number of amides is 1. The maximum Gasteiger partial charge on any atom is 0.309 e. The van der Waals surface area contributed by atoms with Gasteiger partial charge < -0.3 is 15.2 Å². The van der Waals surface area contributed by atoms with Gasteiger partial charge in [0.15, 0.2) is 0 Å². The van der Waals surface area contributed by atoms with Crippen molar-refractivity contribution < 1.29 is 24.2 Å². The maximum absolute atomic E-state index is 15.0. The van der Waals surface area contributed by atoms with E-state index in [0.717, 1.165) is 51.5 Å². The van der Waals surface area contributed by atoms with Crippen LogP contribution in [0, 0.1) is 85.8 Å². The van der Waals surface area contributed by atoms with E-state index in [9.17, 15) is 19.5 Å². The summed E-state index contributed by atoms with van der Waals surface area (Å²) < 4.78 is 6.46. The Morgan fingerprint density at radius 3 is 2.20 bits per heavy atom. The Labute approximate surface area is 327 Å². The molecule has 0 radical (unpaired) electrons. The predicted octanol–water partition coefficient (Wildman–Crippen LogP) is 9.37. The molecule has 1 amide bonds. The average Bonchev–Trinajstić information content (AvgIpc) is 3.72. The summed E-state index contributed by atoms with van der Waals surface area (Å²) in [6.07, 6.45) is 15.3. The molecular weight excluding hydrogens is 673 g/mol. The van der Waals surface area contributed by atoms with E-state index < -0.39 is 17.3 Å². The minimum Gasteiger partial charge on any atom is -0.481 e. The number of aliphatic carboxylic acids is 1. The Kier molecular flexibility index (Phi) is 9.39. The molecule has 2 heterocycles. The Morgan fingerprint density at radius 1 is 0.778 bits per heavy atom. The van der Waals surface area contributed by atoms with Gasteiger partial charge in [-0.05, 0) is 160 Å². The van der Waals surface area contributed by atoms with Crippen molar-refractivity contribution >= 4 is 17.8 Å². The van der Waals surface area contributed by atoms with Crippen molar-refractivity contribution in [2.45, 2.75) is 177 Å². The smallest absolute Gasteiger partial charge is 0.309 e. The van der Waals surface area contributed by atoms with Crippen LogP contribution in [0.25, 0.3) is 0 Å². The summed E-state index contributed by atoms with van der Waals surface area (Å²) in [6, 6.07) is 1.000. The summed E-state index contributed by atoms with van der Waals surface area (Å²) in [5.41, 5.74) is -0.378. The molecule has 54 heavy (non-hydrogen) atoms. The lowest BCUT2D eigenvalue weighted by Crippen LogP contribution is -2.68. The van der Waals surface area contributed by atoms with Crippen LogP contribution in [0.4, 0.5) is 0 Å². The Balaban J connectivity index is 1.02. The molecular formula is C47H76N2O5. The number of hydrogen-bond acceptors (Lipinski definition) is 5. The van der Waals surface area contributed by atoms with Crippen molar-refractivity contribution in [1.29, 1.82) is 0 Å². The molecule has 8 rings (SSSR count). The first-order chi connectivity index (χ1) is 25.2. The summed E-state index contributed by atoms with van der Waals surface area (Å²) >= 11 is 0. The van der Waals surface area contributed by atoms with Crippen molar-refractivity contribution in [2.75, 3.05) is 13.1 Å². The van der Waals surface area contributed by atoms with E-state index in [1.807, 2.05) is 13.8 Å². The number of carboxylic acid groups (broad SMARTS) is 1. The number of hydrogen-bond donors (Lipinski definition) is 2. The number of carbonyl (C=O) groups is 3. The van der Waals surface area contributed by atoms with Gasteiger partial charge in [-0.2, -0.15) is 0 Å². The third-order valence-electron chi connectivity index (χ3n) is 20.4. The molecule has 0 aromatic heterocycles. The molecule has 0 bridgehead atoms. The zero-order valence-corrected chi connectivity index (χ0v) is 35.8. The fourth-order valence-electron chi connectivity index (χ4n) is 17.1. The lowest BCUT2D eigenvalue weighted by molar-refractivity contribution is -0.252. The van der Waals surface area contributed by atoms with E-state index in [2.05, 4.69) is 65.6 Å². The second-order valence-corrected chi connectivity index (χ2v) is 23.2. The Bertz CT molecular complexity index is 1520. The average molecular weight is 749 g/mol. The highest BCUT2D eigenvalue weighted by Gasteiger charge is 2.72. The zero-order chi connectivity index (χ0) is 39.0. The number of carbonyl (C=O) groups excluding carboxylic acids is 2. The molecule has 2 saturated heterocycles. The van der Waals surface area contributed by atoms with Gasteiger partial charge in [0, 0.05) is 24.0 Å². The van der Waals surface area contributed by atoms with E-state index in [1.54, 1.807) is 0 Å². The third-order valence-corrected chi connectivity index (χ3v) is 20.4. The lowest BCUT2D eigenvalue weighted by Gasteiger charge is -2.73. The normalized spacial score (nSPS) is 50.4.